The first-order valence-electron chi connectivity index (χ1n) is 4.58. The van der Waals surface area contributed by atoms with Crippen LogP contribution in [0.4, 0.5) is 0 Å². The van der Waals surface area contributed by atoms with Crippen molar-refractivity contribution in [2.75, 3.05) is 0 Å². The van der Waals surface area contributed by atoms with Gasteiger partial charge in [0.2, 0.25) is 5.91 Å². The molecule has 77 valence electrons. The van der Waals surface area contributed by atoms with Gasteiger partial charge >= 0.3 is 5.76 Å². The van der Waals surface area contributed by atoms with Gasteiger partial charge < -0.3 is 4.42 Å². The quantitative estimate of drug-likeness (QED) is 0.711. The van der Waals surface area contributed by atoms with Crippen molar-refractivity contribution < 1.29 is 9.21 Å². The first-order valence-corrected chi connectivity index (χ1v) is 4.58. The lowest BCUT2D eigenvalue weighted by Gasteiger charge is -1.97. The Bertz CT molecular complexity index is 577. The first kappa shape index (κ1) is 9.71. The molecule has 1 heterocycles. The van der Waals surface area contributed by atoms with Crippen molar-refractivity contribution in [3.05, 3.63) is 41.2 Å². The topological polar surface area (TPSA) is 52.2 Å². The zero-order valence-electron chi connectivity index (χ0n) is 8.32. The highest BCUT2D eigenvalue weighted by molar-refractivity contribution is 5.89. The summed E-state index contributed by atoms with van der Waals surface area (Å²) in [4.78, 5) is 22.8. The SMILES string of the molecule is [CH2]CC(=O)n1c(=O)oc2cc(C)ccc21. The monoisotopic (exact) mass is 204 g/mol. The highest BCUT2D eigenvalue weighted by atomic mass is 16.4. The Morgan fingerprint density at radius 1 is 1.53 bits per heavy atom. The Kier molecular flexibility index (Phi) is 2.19. The molecule has 1 aromatic carbocycles. The number of rotatable bonds is 1. The molecule has 2 rings (SSSR count). The number of benzene rings is 1. The van der Waals surface area contributed by atoms with Crippen LogP contribution in [0.5, 0.6) is 0 Å². The van der Waals surface area contributed by atoms with Crippen LogP contribution in [0.3, 0.4) is 0 Å². The van der Waals surface area contributed by atoms with Crippen molar-refractivity contribution >= 4 is 17.0 Å². The van der Waals surface area contributed by atoms with Crippen LogP contribution in [0, 0.1) is 13.8 Å². The Labute approximate surface area is 86.1 Å². The maximum atomic E-state index is 11.4. The Morgan fingerprint density at radius 3 is 2.93 bits per heavy atom. The number of fused-ring (bicyclic) bond motifs is 1. The van der Waals surface area contributed by atoms with E-state index in [1.54, 1.807) is 12.1 Å². The zero-order valence-corrected chi connectivity index (χ0v) is 8.32. The average Bonchev–Trinajstić information content (AvgIpc) is 2.52. The standard InChI is InChI=1S/C11H10NO3/c1-3-10(13)12-8-5-4-7(2)6-9(8)15-11(12)14/h4-6H,1,3H2,2H3. The van der Waals surface area contributed by atoms with Crippen LogP contribution < -0.4 is 5.76 Å². The molecule has 0 aliphatic rings. The summed E-state index contributed by atoms with van der Waals surface area (Å²) >= 11 is 0. The summed E-state index contributed by atoms with van der Waals surface area (Å²) in [6, 6.07) is 5.25. The molecule has 4 nitrogen and oxygen atoms in total. The third-order valence-electron chi connectivity index (χ3n) is 2.20. The highest BCUT2D eigenvalue weighted by Crippen LogP contribution is 2.14. The second-order valence-corrected chi connectivity index (χ2v) is 3.32. The van der Waals surface area contributed by atoms with E-state index in [9.17, 15) is 9.59 Å². The van der Waals surface area contributed by atoms with Crippen LogP contribution in [0.1, 0.15) is 16.8 Å². The lowest BCUT2D eigenvalue weighted by molar-refractivity contribution is 0.0913. The van der Waals surface area contributed by atoms with Crippen LogP contribution in [-0.4, -0.2) is 10.5 Å². The fraction of sp³-hybridized carbons (Fsp3) is 0.182. The number of oxazole rings is 1. The van der Waals surface area contributed by atoms with Crippen LogP contribution in [-0.2, 0) is 0 Å². The largest absolute Gasteiger partial charge is 0.426 e. The van der Waals surface area contributed by atoms with Gasteiger partial charge in [0.05, 0.1) is 5.52 Å². The fourth-order valence-electron chi connectivity index (χ4n) is 1.47. The van der Waals surface area contributed by atoms with Crippen LogP contribution in [0.2, 0.25) is 0 Å². The van der Waals surface area contributed by atoms with E-state index in [1.807, 2.05) is 13.0 Å². The summed E-state index contributed by atoms with van der Waals surface area (Å²) in [5.41, 5.74) is 1.91. The number of carbonyl (C=O) groups excluding carboxylic acids is 1. The van der Waals surface area contributed by atoms with E-state index in [1.165, 1.54) is 0 Å². The first-order chi connectivity index (χ1) is 7.13. The van der Waals surface area contributed by atoms with Gasteiger partial charge in [-0.05, 0) is 31.5 Å². The molecule has 15 heavy (non-hydrogen) atoms. The molecular weight excluding hydrogens is 194 g/mol. The van der Waals surface area contributed by atoms with E-state index in [4.69, 9.17) is 4.42 Å². The summed E-state index contributed by atoms with van der Waals surface area (Å²) in [7, 11) is 0. The molecule has 0 saturated carbocycles. The molecule has 1 radical (unpaired) electrons. The van der Waals surface area contributed by atoms with Crippen molar-refractivity contribution in [1.82, 2.24) is 4.57 Å². The molecule has 0 unspecified atom stereocenters. The van der Waals surface area contributed by atoms with Gasteiger partial charge in [-0.15, -0.1) is 0 Å². The van der Waals surface area contributed by atoms with Crippen LogP contribution in [0.25, 0.3) is 11.1 Å². The summed E-state index contributed by atoms with van der Waals surface area (Å²) < 4.78 is 5.98. The van der Waals surface area contributed by atoms with Crippen LogP contribution in [0.15, 0.2) is 27.4 Å². The lowest BCUT2D eigenvalue weighted by Crippen LogP contribution is -2.21. The van der Waals surface area contributed by atoms with E-state index >= 15 is 0 Å². The average molecular weight is 204 g/mol. The molecule has 0 aliphatic carbocycles. The Morgan fingerprint density at radius 2 is 2.27 bits per heavy atom. The minimum atomic E-state index is -0.649. The summed E-state index contributed by atoms with van der Waals surface area (Å²) in [5, 5.41) is 0. The lowest BCUT2D eigenvalue weighted by atomic mass is 10.2. The number of aromatic nitrogens is 1. The maximum Gasteiger partial charge on any atom is 0.426 e. The van der Waals surface area contributed by atoms with Crippen LogP contribution >= 0.6 is 0 Å². The third-order valence-corrected chi connectivity index (χ3v) is 2.20. The summed E-state index contributed by atoms with van der Waals surface area (Å²) in [6.45, 7) is 5.34. The van der Waals surface area contributed by atoms with E-state index in [0.717, 1.165) is 10.1 Å². The molecular formula is C11H10NO3. The van der Waals surface area contributed by atoms with Crippen molar-refractivity contribution in [1.29, 1.82) is 0 Å². The Hall–Kier alpha value is -1.84. The number of carbonyl (C=O) groups is 1. The molecule has 0 aliphatic heterocycles. The number of aryl methyl sites for hydroxylation is 1. The van der Waals surface area contributed by atoms with E-state index in [2.05, 4.69) is 6.92 Å². The summed E-state index contributed by atoms with van der Waals surface area (Å²) in [5.74, 6) is -1.01. The minimum absolute atomic E-state index is 0.0302. The third kappa shape index (κ3) is 1.48. The van der Waals surface area contributed by atoms with Gasteiger partial charge in [0.15, 0.2) is 5.58 Å². The van der Waals surface area contributed by atoms with E-state index in [-0.39, 0.29) is 12.3 Å². The predicted molar refractivity (Wildman–Crippen MR) is 55.8 cm³/mol. The molecule has 4 heteroatoms. The maximum absolute atomic E-state index is 11.4. The molecule has 2 aromatic rings. The fourth-order valence-corrected chi connectivity index (χ4v) is 1.47. The van der Waals surface area contributed by atoms with Gasteiger partial charge in [0, 0.05) is 6.42 Å². The normalized spacial score (nSPS) is 10.8. The van der Waals surface area contributed by atoms with Gasteiger partial charge in [-0.3, -0.25) is 4.79 Å². The van der Waals surface area contributed by atoms with Gasteiger partial charge in [-0.1, -0.05) is 6.07 Å². The second-order valence-electron chi connectivity index (χ2n) is 3.32. The van der Waals surface area contributed by atoms with Gasteiger partial charge in [-0.2, -0.15) is 0 Å². The highest BCUT2D eigenvalue weighted by Gasteiger charge is 2.13. The molecule has 1 aromatic heterocycles. The zero-order chi connectivity index (χ0) is 11.0. The van der Waals surface area contributed by atoms with Gasteiger partial charge in [0.1, 0.15) is 0 Å². The van der Waals surface area contributed by atoms with E-state index in [0.29, 0.717) is 11.1 Å². The summed E-state index contributed by atoms with van der Waals surface area (Å²) in [6.07, 6.45) is 0.0302. The molecule has 0 atom stereocenters. The van der Waals surface area contributed by atoms with Gasteiger partial charge in [-0.25, -0.2) is 9.36 Å². The van der Waals surface area contributed by atoms with E-state index < -0.39 is 5.76 Å². The minimum Gasteiger partial charge on any atom is -0.407 e. The van der Waals surface area contributed by atoms with Gasteiger partial charge in [0.25, 0.3) is 0 Å². The van der Waals surface area contributed by atoms with Crippen molar-refractivity contribution in [2.24, 2.45) is 0 Å². The van der Waals surface area contributed by atoms with Crippen molar-refractivity contribution in [3.8, 4) is 0 Å². The molecule has 0 amide bonds. The van der Waals surface area contributed by atoms with Crippen molar-refractivity contribution in [3.63, 3.8) is 0 Å². The molecule has 0 fully saturated rings. The molecule has 0 N–H and O–H groups in total. The Balaban J connectivity index is 2.80. The molecule has 0 bridgehead atoms. The molecule has 0 spiro atoms. The number of hydrogen-bond donors (Lipinski definition) is 0. The van der Waals surface area contributed by atoms with Crippen molar-refractivity contribution in [2.45, 2.75) is 13.3 Å². The molecule has 0 saturated heterocycles. The smallest absolute Gasteiger partial charge is 0.407 e. The second kappa shape index (κ2) is 3.38. The number of nitrogens with zero attached hydrogens (tertiary/aromatic N) is 1. The number of hydrogen-bond acceptors (Lipinski definition) is 3. The predicted octanol–water partition coefficient (Wildman–Crippen LogP) is 1.77.